The number of hydrazine groups is 1. The van der Waals surface area contributed by atoms with Gasteiger partial charge in [-0.15, -0.1) is 6.58 Å². The first kappa shape index (κ1) is 24.5. The van der Waals surface area contributed by atoms with E-state index in [1.807, 2.05) is 54.6 Å². The van der Waals surface area contributed by atoms with Crippen LogP contribution in [0.4, 0.5) is 4.79 Å². The molecule has 0 radical (unpaired) electrons. The number of para-hydroxylation sites is 1. The second-order valence-corrected chi connectivity index (χ2v) is 8.93. The third-order valence-electron chi connectivity index (χ3n) is 6.41. The Kier molecular flexibility index (Phi) is 7.20. The number of nitrogens with one attached hydrogen (secondary N) is 2. The first-order valence-corrected chi connectivity index (χ1v) is 12.2. The average Bonchev–Trinajstić information content (AvgIpc) is 3.22. The number of nitrogens with zero attached hydrogens (tertiary/aromatic N) is 3. The summed E-state index contributed by atoms with van der Waals surface area (Å²) in [7, 11) is 0. The Balaban J connectivity index is 1.38. The van der Waals surface area contributed by atoms with Crippen LogP contribution in [0.5, 0.6) is 11.5 Å². The zero-order chi connectivity index (χ0) is 25.8. The number of morpholine rings is 1. The molecule has 3 aliphatic heterocycles. The van der Waals surface area contributed by atoms with Crippen LogP contribution in [0, 0.1) is 0 Å². The Morgan fingerprint density at radius 1 is 1.11 bits per heavy atom. The minimum atomic E-state index is -0.678. The lowest BCUT2D eigenvalue weighted by Gasteiger charge is -2.33. The van der Waals surface area contributed by atoms with E-state index >= 15 is 0 Å². The van der Waals surface area contributed by atoms with Crippen LogP contribution in [0.2, 0.25) is 0 Å². The summed E-state index contributed by atoms with van der Waals surface area (Å²) in [4.78, 5) is 42.4. The fraction of sp³-hybridized carbons (Fsp3) is 0.296. The van der Waals surface area contributed by atoms with E-state index in [0.29, 0.717) is 54.6 Å². The molecule has 2 N–H and O–H groups in total. The number of urea groups is 1. The molecule has 10 heteroatoms. The molecule has 1 saturated heterocycles. The van der Waals surface area contributed by atoms with Gasteiger partial charge < -0.3 is 19.7 Å². The fourth-order valence-electron chi connectivity index (χ4n) is 4.69. The molecular weight excluding hydrogens is 474 g/mol. The standard InChI is InChI=1S/C27H29N5O5/c1-2-11-32-22-17-30(18-23(33)29-31-12-14-36-15-13-31)26(34)24(22)25(28-27(32)35)19-7-6-10-21(16-19)37-20-8-4-3-5-9-20/h2-10,16,25H,1,11-15,17-18H2,(H,28,35)(H,29,33)/t25-/m1/s1. The lowest BCUT2D eigenvalue weighted by molar-refractivity contribution is -0.135. The van der Waals surface area contributed by atoms with E-state index < -0.39 is 6.04 Å². The van der Waals surface area contributed by atoms with Crippen molar-refractivity contribution >= 4 is 17.8 Å². The highest BCUT2D eigenvalue weighted by atomic mass is 16.5. The highest BCUT2D eigenvalue weighted by Gasteiger charge is 2.44. The van der Waals surface area contributed by atoms with Gasteiger partial charge in [-0.1, -0.05) is 36.4 Å². The van der Waals surface area contributed by atoms with Crippen LogP contribution in [-0.4, -0.2) is 78.6 Å². The van der Waals surface area contributed by atoms with Crippen LogP contribution in [0.25, 0.3) is 0 Å². The van der Waals surface area contributed by atoms with Crippen LogP contribution >= 0.6 is 0 Å². The largest absolute Gasteiger partial charge is 0.457 e. The van der Waals surface area contributed by atoms with Crippen molar-refractivity contribution in [1.29, 1.82) is 0 Å². The Morgan fingerprint density at radius 2 is 1.86 bits per heavy atom. The maximum atomic E-state index is 13.6. The maximum absolute atomic E-state index is 13.6. The molecule has 10 nitrogen and oxygen atoms in total. The lowest BCUT2D eigenvalue weighted by Crippen LogP contribution is -2.51. The van der Waals surface area contributed by atoms with Crippen molar-refractivity contribution in [3.8, 4) is 11.5 Å². The van der Waals surface area contributed by atoms with Crippen molar-refractivity contribution < 1.29 is 23.9 Å². The summed E-state index contributed by atoms with van der Waals surface area (Å²) in [6, 6.07) is 15.7. The van der Waals surface area contributed by atoms with Crippen LogP contribution in [0.1, 0.15) is 11.6 Å². The minimum absolute atomic E-state index is 0.122. The normalized spacial score (nSPS) is 19.9. The van der Waals surface area contributed by atoms with E-state index in [0.717, 1.165) is 0 Å². The Bertz CT molecular complexity index is 1220. The van der Waals surface area contributed by atoms with Gasteiger partial charge >= 0.3 is 6.03 Å². The van der Waals surface area contributed by atoms with Crippen LogP contribution in [-0.2, 0) is 14.3 Å². The summed E-state index contributed by atoms with van der Waals surface area (Å²) in [6.45, 7) is 6.28. The third kappa shape index (κ3) is 5.35. The molecule has 0 bridgehead atoms. The van der Waals surface area contributed by atoms with Crippen LogP contribution in [0.15, 0.2) is 78.5 Å². The number of ether oxygens (including phenoxy) is 2. The van der Waals surface area contributed by atoms with Crippen molar-refractivity contribution in [3.63, 3.8) is 0 Å². The number of benzene rings is 2. The lowest BCUT2D eigenvalue weighted by atomic mass is 9.95. The predicted molar refractivity (Wildman–Crippen MR) is 135 cm³/mol. The zero-order valence-electron chi connectivity index (χ0n) is 20.4. The highest BCUT2D eigenvalue weighted by molar-refractivity contribution is 6.03. The molecule has 37 heavy (non-hydrogen) atoms. The quantitative estimate of drug-likeness (QED) is 0.536. The minimum Gasteiger partial charge on any atom is -0.457 e. The topological polar surface area (TPSA) is 103 Å². The Hall–Kier alpha value is -4.15. The summed E-state index contributed by atoms with van der Waals surface area (Å²) in [5.74, 6) is 0.680. The molecular formula is C27H29N5O5. The molecule has 2 aromatic carbocycles. The van der Waals surface area contributed by atoms with Gasteiger partial charge in [-0.25, -0.2) is 9.80 Å². The van der Waals surface area contributed by atoms with E-state index in [4.69, 9.17) is 9.47 Å². The Labute approximate surface area is 215 Å². The molecule has 192 valence electrons. The maximum Gasteiger partial charge on any atom is 0.322 e. The van der Waals surface area contributed by atoms with Gasteiger partial charge in [0.05, 0.1) is 37.1 Å². The van der Waals surface area contributed by atoms with E-state index in [9.17, 15) is 14.4 Å². The van der Waals surface area contributed by atoms with Gasteiger partial charge in [0.2, 0.25) is 0 Å². The second kappa shape index (κ2) is 10.9. The summed E-state index contributed by atoms with van der Waals surface area (Å²) in [6.07, 6.45) is 1.61. The number of carbonyl (C=O) groups excluding carboxylic acids is 3. The van der Waals surface area contributed by atoms with Crippen molar-refractivity contribution in [2.75, 3.05) is 45.9 Å². The molecule has 0 saturated carbocycles. The van der Waals surface area contributed by atoms with Crippen molar-refractivity contribution in [2.45, 2.75) is 6.04 Å². The number of hydrogen-bond donors (Lipinski definition) is 2. The fourth-order valence-corrected chi connectivity index (χ4v) is 4.69. The van der Waals surface area contributed by atoms with Crippen molar-refractivity contribution in [2.24, 2.45) is 0 Å². The first-order valence-electron chi connectivity index (χ1n) is 12.2. The van der Waals surface area contributed by atoms with Crippen LogP contribution < -0.4 is 15.5 Å². The molecule has 4 amide bonds. The molecule has 1 atom stereocenters. The van der Waals surface area contributed by atoms with Crippen molar-refractivity contribution in [1.82, 2.24) is 25.6 Å². The van der Waals surface area contributed by atoms with E-state index in [-0.39, 0.29) is 37.5 Å². The molecule has 0 unspecified atom stereocenters. The monoisotopic (exact) mass is 503 g/mol. The summed E-state index contributed by atoms with van der Waals surface area (Å²) in [5.41, 5.74) is 4.57. The van der Waals surface area contributed by atoms with Crippen molar-refractivity contribution in [3.05, 3.63) is 84.1 Å². The zero-order valence-corrected chi connectivity index (χ0v) is 20.4. The molecule has 0 aliphatic carbocycles. The van der Waals surface area contributed by atoms with Gasteiger partial charge in [0.25, 0.3) is 11.8 Å². The average molecular weight is 504 g/mol. The number of hydrogen-bond acceptors (Lipinski definition) is 6. The molecule has 2 aromatic rings. The van der Waals surface area contributed by atoms with Gasteiger partial charge in [0.15, 0.2) is 0 Å². The first-order chi connectivity index (χ1) is 18.0. The Morgan fingerprint density at radius 3 is 2.62 bits per heavy atom. The van der Waals surface area contributed by atoms with Gasteiger partial charge in [-0.2, -0.15) is 0 Å². The molecule has 0 aromatic heterocycles. The van der Waals surface area contributed by atoms with Crippen LogP contribution in [0.3, 0.4) is 0 Å². The van der Waals surface area contributed by atoms with E-state index in [1.54, 1.807) is 11.1 Å². The van der Waals surface area contributed by atoms with E-state index in [1.165, 1.54) is 9.80 Å². The molecule has 3 heterocycles. The third-order valence-corrected chi connectivity index (χ3v) is 6.41. The number of amides is 4. The number of rotatable bonds is 8. The van der Waals surface area contributed by atoms with Gasteiger partial charge in [0.1, 0.15) is 18.0 Å². The van der Waals surface area contributed by atoms with Gasteiger partial charge in [0, 0.05) is 19.6 Å². The molecule has 5 rings (SSSR count). The summed E-state index contributed by atoms with van der Waals surface area (Å²) in [5, 5.41) is 4.74. The summed E-state index contributed by atoms with van der Waals surface area (Å²) >= 11 is 0. The molecule has 1 fully saturated rings. The molecule has 3 aliphatic rings. The van der Waals surface area contributed by atoms with E-state index in [2.05, 4.69) is 17.3 Å². The SMILES string of the molecule is C=CCN1C(=O)N[C@H](c2cccc(Oc3ccccc3)c2)C2=C1CN(CC(=O)NN1CCOCC1)C2=O. The van der Waals surface area contributed by atoms with Gasteiger partial charge in [-0.3, -0.25) is 19.9 Å². The number of carbonyl (C=O) groups is 3. The summed E-state index contributed by atoms with van der Waals surface area (Å²) < 4.78 is 11.3. The second-order valence-electron chi connectivity index (χ2n) is 8.93. The predicted octanol–water partition coefficient (Wildman–Crippen LogP) is 2.19. The van der Waals surface area contributed by atoms with Gasteiger partial charge in [-0.05, 0) is 29.8 Å². The highest BCUT2D eigenvalue weighted by Crippen LogP contribution is 2.37. The smallest absolute Gasteiger partial charge is 0.322 e. The molecule has 0 spiro atoms.